The van der Waals surface area contributed by atoms with E-state index < -0.39 is 11.9 Å². The van der Waals surface area contributed by atoms with Gasteiger partial charge in [0.25, 0.3) is 0 Å². The second-order valence-corrected chi connectivity index (χ2v) is 5.26. The molecule has 0 saturated heterocycles. The number of nitrogens with one attached hydrogen (secondary N) is 2. The van der Waals surface area contributed by atoms with Crippen LogP contribution in [0, 0.1) is 11.8 Å². The van der Waals surface area contributed by atoms with Crippen LogP contribution in [-0.4, -0.2) is 29.2 Å². The van der Waals surface area contributed by atoms with Crippen molar-refractivity contribution in [2.45, 2.75) is 46.6 Å². The van der Waals surface area contributed by atoms with E-state index in [4.69, 9.17) is 5.11 Å². The lowest BCUT2D eigenvalue weighted by molar-refractivity contribution is -0.142. The summed E-state index contributed by atoms with van der Waals surface area (Å²) >= 11 is 0. The lowest BCUT2D eigenvalue weighted by Crippen LogP contribution is -2.49. The van der Waals surface area contributed by atoms with Crippen LogP contribution < -0.4 is 10.6 Å². The molecule has 5 nitrogen and oxygen atoms in total. The van der Waals surface area contributed by atoms with Crippen molar-refractivity contribution in [3.05, 3.63) is 0 Å². The van der Waals surface area contributed by atoms with Crippen molar-refractivity contribution in [2.24, 2.45) is 11.8 Å². The molecule has 0 aliphatic carbocycles. The molecule has 3 N–H and O–H groups in total. The third kappa shape index (κ3) is 6.14. The summed E-state index contributed by atoms with van der Waals surface area (Å²) in [4.78, 5) is 22.5. The smallest absolute Gasteiger partial charge is 0.315 e. The molecule has 0 aromatic carbocycles. The van der Waals surface area contributed by atoms with Crippen molar-refractivity contribution >= 4 is 12.0 Å². The first-order valence-corrected chi connectivity index (χ1v) is 5.98. The molecule has 0 spiro atoms. The predicted octanol–water partition coefficient (Wildman–Crippen LogP) is 1.83. The molecule has 100 valence electrons. The minimum Gasteiger partial charge on any atom is -0.481 e. The summed E-state index contributed by atoms with van der Waals surface area (Å²) < 4.78 is 0. The van der Waals surface area contributed by atoms with Crippen molar-refractivity contribution < 1.29 is 14.7 Å². The van der Waals surface area contributed by atoms with E-state index in [9.17, 15) is 9.59 Å². The zero-order valence-electron chi connectivity index (χ0n) is 11.3. The number of amides is 2. The Morgan fingerprint density at radius 3 is 2.18 bits per heavy atom. The van der Waals surface area contributed by atoms with Crippen LogP contribution in [0.25, 0.3) is 0 Å². The van der Waals surface area contributed by atoms with Crippen LogP contribution in [0.4, 0.5) is 4.79 Å². The Bertz CT molecular complexity index is 275. The second-order valence-electron chi connectivity index (χ2n) is 5.26. The highest BCUT2D eigenvalue weighted by molar-refractivity contribution is 5.76. The Balaban J connectivity index is 4.19. The maximum Gasteiger partial charge on any atom is 0.315 e. The molecule has 2 amide bonds. The van der Waals surface area contributed by atoms with Gasteiger partial charge in [0, 0.05) is 12.1 Å². The van der Waals surface area contributed by atoms with Gasteiger partial charge in [-0.15, -0.1) is 0 Å². The molecule has 1 atom stereocenters. The number of carbonyl (C=O) groups is 2. The monoisotopic (exact) mass is 244 g/mol. The van der Waals surface area contributed by atoms with Gasteiger partial charge in [0.15, 0.2) is 0 Å². The Kier molecular flexibility index (Phi) is 5.99. The minimum absolute atomic E-state index is 0.00742. The fourth-order valence-corrected chi connectivity index (χ4v) is 1.25. The molecular weight excluding hydrogens is 220 g/mol. The van der Waals surface area contributed by atoms with Crippen LogP contribution in [0.5, 0.6) is 0 Å². The first kappa shape index (κ1) is 15.7. The maximum absolute atomic E-state index is 11.6. The molecule has 0 aliphatic heterocycles. The Morgan fingerprint density at radius 2 is 1.82 bits per heavy atom. The average Bonchev–Trinajstić information content (AvgIpc) is 2.16. The van der Waals surface area contributed by atoms with Crippen molar-refractivity contribution in [2.75, 3.05) is 6.54 Å². The van der Waals surface area contributed by atoms with E-state index in [0.29, 0.717) is 0 Å². The summed E-state index contributed by atoms with van der Waals surface area (Å²) in [7, 11) is 0. The highest BCUT2D eigenvalue weighted by Gasteiger charge is 2.23. The van der Waals surface area contributed by atoms with E-state index >= 15 is 0 Å². The lowest BCUT2D eigenvalue weighted by atomic mass is 9.96. The SMILES string of the molecule is CCC(C)(C)NC(=O)NCC(C(=O)O)C(C)C. The fourth-order valence-electron chi connectivity index (χ4n) is 1.25. The number of carboxylic acid groups (broad SMARTS) is 1. The third-order valence-corrected chi connectivity index (χ3v) is 2.94. The zero-order valence-corrected chi connectivity index (χ0v) is 11.3. The van der Waals surface area contributed by atoms with Gasteiger partial charge in [-0.3, -0.25) is 4.79 Å². The first-order valence-electron chi connectivity index (χ1n) is 5.98. The third-order valence-electron chi connectivity index (χ3n) is 2.94. The predicted molar refractivity (Wildman–Crippen MR) is 66.9 cm³/mol. The molecule has 0 fully saturated rings. The van der Waals surface area contributed by atoms with Gasteiger partial charge in [-0.2, -0.15) is 0 Å². The minimum atomic E-state index is -0.880. The fraction of sp³-hybridized carbons (Fsp3) is 0.833. The number of carbonyl (C=O) groups excluding carboxylic acids is 1. The molecule has 0 aromatic rings. The second kappa shape index (κ2) is 6.47. The van der Waals surface area contributed by atoms with E-state index in [-0.39, 0.29) is 24.0 Å². The first-order chi connectivity index (χ1) is 7.69. The number of hydrogen-bond acceptors (Lipinski definition) is 2. The molecule has 0 bridgehead atoms. The van der Waals surface area contributed by atoms with Gasteiger partial charge in [-0.1, -0.05) is 20.8 Å². The maximum atomic E-state index is 11.6. The van der Waals surface area contributed by atoms with Crippen molar-refractivity contribution in [1.82, 2.24) is 10.6 Å². The largest absolute Gasteiger partial charge is 0.481 e. The standard InChI is InChI=1S/C12H24N2O3/c1-6-12(4,5)14-11(17)13-7-9(8(2)3)10(15)16/h8-9H,6-7H2,1-5H3,(H,15,16)(H2,13,14,17). The molecule has 0 aromatic heterocycles. The van der Waals surface area contributed by atoms with Crippen molar-refractivity contribution in [3.63, 3.8) is 0 Å². The lowest BCUT2D eigenvalue weighted by Gasteiger charge is -2.25. The van der Waals surface area contributed by atoms with Gasteiger partial charge in [0.1, 0.15) is 0 Å². The van der Waals surface area contributed by atoms with Crippen LogP contribution in [-0.2, 0) is 4.79 Å². The number of carboxylic acids is 1. The Labute approximate surface area is 103 Å². The molecule has 0 rings (SSSR count). The van der Waals surface area contributed by atoms with Gasteiger partial charge in [-0.05, 0) is 26.2 Å². The van der Waals surface area contributed by atoms with E-state index in [1.54, 1.807) is 0 Å². The molecule has 5 heteroatoms. The molecule has 0 heterocycles. The van der Waals surface area contributed by atoms with Crippen LogP contribution in [0.15, 0.2) is 0 Å². The molecule has 17 heavy (non-hydrogen) atoms. The van der Waals surface area contributed by atoms with Gasteiger partial charge < -0.3 is 15.7 Å². The van der Waals surface area contributed by atoms with Gasteiger partial charge in [0.05, 0.1) is 5.92 Å². The van der Waals surface area contributed by atoms with Crippen LogP contribution in [0.1, 0.15) is 41.0 Å². The topological polar surface area (TPSA) is 78.4 Å². The van der Waals surface area contributed by atoms with E-state index in [1.807, 2.05) is 34.6 Å². The quantitative estimate of drug-likeness (QED) is 0.667. The van der Waals surface area contributed by atoms with Crippen LogP contribution in [0.3, 0.4) is 0 Å². The van der Waals surface area contributed by atoms with Crippen LogP contribution >= 0.6 is 0 Å². The van der Waals surface area contributed by atoms with Crippen molar-refractivity contribution in [3.8, 4) is 0 Å². The number of urea groups is 1. The van der Waals surface area contributed by atoms with Gasteiger partial charge in [-0.25, -0.2) is 4.79 Å². The summed E-state index contributed by atoms with van der Waals surface area (Å²) in [6.45, 7) is 9.63. The normalized spacial score (nSPS) is 13.3. The molecule has 0 radical (unpaired) electrons. The van der Waals surface area contributed by atoms with Gasteiger partial charge >= 0.3 is 12.0 Å². The number of rotatable bonds is 6. The van der Waals surface area contributed by atoms with Gasteiger partial charge in [0.2, 0.25) is 0 Å². The molecular formula is C12H24N2O3. The van der Waals surface area contributed by atoms with E-state index in [0.717, 1.165) is 6.42 Å². The highest BCUT2D eigenvalue weighted by Crippen LogP contribution is 2.10. The van der Waals surface area contributed by atoms with Crippen LogP contribution in [0.2, 0.25) is 0 Å². The Morgan fingerprint density at radius 1 is 1.29 bits per heavy atom. The molecule has 1 unspecified atom stereocenters. The summed E-state index contributed by atoms with van der Waals surface area (Å²) in [6, 6.07) is -0.316. The summed E-state index contributed by atoms with van der Waals surface area (Å²) in [6.07, 6.45) is 0.812. The summed E-state index contributed by atoms with van der Waals surface area (Å²) in [5.74, 6) is -1.44. The molecule has 0 aliphatic rings. The summed E-state index contributed by atoms with van der Waals surface area (Å²) in [5.41, 5.74) is -0.277. The van der Waals surface area contributed by atoms with E-state index in [2.05, 4.69) is 10.6 Å². The Hall–Kier alpha value is -1.26. The van der Waals surface area contributed by atoms with E-state index in [1.165, 1.54) is 0 Å². The zero-order chi connectivity index (χ0) is 13.6. The molecule has 0 saturated carbocycles. The number of hydrogen-bond donors (Lipinski definition) is 3. The summed E-state index contributed by atoms with van der Waals surface area (Å²) in [5, 5.41) is 14.4. The van der Waals surface area contributed by atoms with Crippen molar-refractivity contribution in [1.29, 1.82) is 0 Å². The average molecular weight is 244 g/mol. The highest BCUT2D eigenvalue weighted by atomic mass is 16.4. The number of aliphatic carboxylic acids is 1.